The first-order valence-electron chi connectivity index (χ1n) is 6.49. The third-order valence-electron chi connectivity index (χ3n) is 2.91. The Balaban J connectivity index is 1.99. The molecule has 0 unspecified atom stereocenters. The van der Waals surface area contributed by atoms with Crippen molar-refractivity contribution in [3.8, 4) is 5.88 Å². The zero-order chi connectivity index (χ0) is 14.4. The summed E-state index contributed by atoms with van der Waals surface area (Å²) in [5.41, 5.74) is 7.42. The van der Waals surface area contributed by atoms with Crippen LogP contribution in [-0.4, -0.2) is 48.6 Å². The van der Waals surface area contributed by atoms with E-state index in [1.165, 1.54) is 0 Å². The van der Waals surface area contributed by atoms with Crippen LogP contribution in [0.3, 0.4) is 0 Å². The molecular formula is C13H20N4O3. The maximum Gasteiger partial charge on any atom is 0.215 e. The monoisotopic (exact) mass is 280 g/mol. The summed E-state index contributed by atoms with van der Waals surface area (Å²) in [4.78, 5) is 8.66. The molecule has 0 aliphatic rings. The number of anilines is 1. The van der Waals surface area contributed by atoms with E-state index in [9.17, 15) is 0 Å². The number of nitrogens with zero attached hydrogens (tertiary/aromatic N) is 3. The summed E-state index contributed by atoms with van der Waals surface area (Å²) in [5.74, 6) is 1.01. The van der Waals surface area contributed by atoms with E-state index in [2.05, 4.69) is 9.97 Å². The molecule has 7 heteroatoms. The van der Waals surface area contributed by atoms with Gasteiger partial charge in [0.05, 0.1) is 20.3 Å². The average molecular weight is 280 g/mol. The first kappa shape index (κ1) is 14.5. The van der Waals surface area contributed by atoms with E-state index in [-0.39, 0.29) is 0 Å². The van der Waals surface area contributed by atoms with Crippen LogP contribution in [0, 0.1) is 0 Å². The van der Waals surface area contributed by atoms with Gasteiger partial charge in [0.2, 0.25) is 11.8 Å². The van der Waals surface area contributed by atoms with Crippen LogP contribution in [-0.2, 0) is 16.0 Å². The number of aromatic nitrogens is 3. The Bertz CT molecular complexity index is 556. The number of rotatable bonds is 8. The fourth-order valence-corrected chi connectivity index (χ4v) is 1.91. The van der Waals surface area contributed by atoms with Gasteiger partial charge >= 0.3 is 0 Å². The Morgan fingerprint density at radius 1 is 1.15 bits per heavy atom. The van der Waals surface area contributed by atoms with Gasteiger partial charge in [-0.05, 0) is 12.5 Å². The normalized spacial score (nSPS) is 11.1. The van der Waals surface area contributed by atoms with Crippen LogP contribution in [0.4, 0.5) is 5.95 Å². The lowest BCUT2D eigenvalue weighted by Crippen LogP contribution is -2.08. The van der Waals surface area contributed by atoms with Gasteiger partial charge in [0.1, 0.15) is 5.52 Å². The van der Waals surface area contributed by atoms with Gasteiger partial charge in [0, 0.05) is 26.3 Å². The van der Waals surface area contributed by atoms with Crippen LogP contribution in [0.1, 0.15) is 6.42 Å². The summed E-state index contributed by atoms with van der Waals surface area (Å²) in [6.07, 6.45) is 0.832. The molecule has 20 heavy (non-hydrogen) atoms. The number of nitrogen functional groups attached to an aromatic ring is 1. The van der Waals surface area contributed by atoms with E-state index in [1.807, 2.05) is 10.6 Å². The number of aryl methyl sites for hydroxylation is 1. The molecule has 7 nitrogen and oxygen atoms in total. The van der Waals surface area contributed by atoms with Crippen molar-refractivity contribution < 1.29 is 14.2 Å². The quantitative estimate of drug-likeness (QED) is 0.728. The smallest absolute Gasteiger partial charge is 0.215 e. The molecule has 0 spiro atoms. The maximum atomic E-state index is 5.92. The minimum Gasteiger partial charge on any atom is -0.481 e. The number of nitrogens with two attached hydrogens (primary N) is 1. The predicted octanol–water partition coefficient (Wildman–Crippen LogP) is 1.08. The first-order valence-corrected chi connectivity index (χ1v) is 6.49. The summed E-state index contributed by atoms with van der Waals surface area (Å²) in [6, 6.07) is 3.62. The van der Waals surface area contributed by atoms with E-state index in [0.717, 1.165) is 17.6 Å². The SMILES string of the molecule is COCCOCCCn1c(N)nc2ccc(OC)nc21. The summed E-state index contributed by atoms with van der Waals surface area (Å²) in [7, 11) is 3.24. The Morgan fingerprint density at radius 2 is 2.00 bits per heavy atom. The number of imidazole rings is 1. The zero-order valence-corrected chi connectivity index (χ0v) is 11.8. The molecule has 0 bridgehead atoms. The molecule has 0 saturated carbocycles. The lowest BCUT2D eigenvalue weighted by Gasteiger charge is -2.07. The Labute approximate surface area is 117 Å². The molecule has 0 saturated heterocycles. The standard InChI is InChI=1S/C13H20N4O3/c1-18-8-9-20-7-3-6-17-12-10(15-13(17)14)4-5-11(16-12)19-2/h4-5H,3,6-9H2,1-2H3,(H2,14,15). The van der Waals surface area contributed by atoms with Gasteiger partial charge in [-0.2, -0.15) is 4.98 Å². The van der Waals surface area contributed by atoms with Gasteiger partial charge in [-0.1, -0.05) is 0 Å². The van der Waals surface area contributed by atoms with Crippen LogP contribution < -0.4 is 10.5 Å². The van der Waals surface area contributed by atoms with Crippen LogP contribution in [0.15, 0.2) is 12.1 Å². The molecule has 2 rings (SSSR count). The lowest BCUT2D eigenvalue weighted by molar-refractivity contribution is 0.0681. The maximum absolute atomic E-state index is 5.92. The van der Waals surface area contributed by atoms with Gasteiger partial charge in [0.15, 0.2) is 5.65 Å². The topological polar surface area (TPSA) is 84.4 Å². The van der Waals surface area contributed by atoms with Gasteiger partial charge < -0.3 is 19.9 Å². The third-order valence-corrected chi connectivity index (χ3v) is 2.91. The van der Waals surface area contributed by atoms with Crippen molar-refractivity contribution in [2.24, 2.45) is 0 Å². The summed E-state index contributed by atoms with van der Waals surface area (Å²) in [6.45, 7) is 2.56. The van der Waals surface area contributed by atoms with Crippen LogP contribution in [0.2, 0.25) is 0 Å². The van der Waals surface area contributed by atoms with Crippen molar-refractivity contribution >= 4 is 17.1 Å². The average Bonchev–Trinajstić information content (AvgIpc) is 2.77. The van der Waals surface area contributed by atoms with Crippen LogP contribution in [0.25, 0.3) is 11.2 Å². The fraction of sp³-hybridized carbons (Fsp3) is 0.538. The summed E-state index contributed by atoms with van der Waals surface area (Å²) in [5, 5.41) is 0. The van der Waals surface area contributed by atoms with Gasteiger partial charge in [0.25, 0.3) is 0 Å². The first-order chi connectivity index (χ1) is 9.76. The predicted molar refractivity (Wildman–Crippen MR) is 75.8 cm³/mol. The van der Waals surface area contributed by atoms with Crippen molar-refractivity contribution in [1.82, 2.24) is 14.5 Å². The second kappa shape index (κ2) is 7.06. The Kier molecular flexibility index (Phi) is 5.14. The van der Waals surface area contributed by atoms with E-state index in [0.29, 0.717) is 38.2 Å². The number of pyridine rings is 1. The van der Waals surface area contributed by atoms with Crippen molar-refractivity contribution in [2.75, 3.05) is 39.8 Å². The van der Waals surface area contributed by atoms with Gasteiger partial charge in [-0.15, -0.1) is 0 Å². The molecule has 0 aliphatic heterocycles. The summed E-state index contributed by atoms with van der Waals surface area (Å²) >= 11 is 0. The number of methoxy groups -OCH3 is 2. The zero-order valence-electron chi connectivity index (χ0n) is 11.8. The van der Waals surface area contributed by atoms with Gasteiger partial charge in [-0.3, -0.25) is 4.57 Å². The molecule has 2 heterocycles. The number of fused-ring (bicyclic) bond motifs is 1. The van der Waals surface area contributed by atoms with Crippen LogP contribution in [0.5, 0.6) is 5.88 Å². The van der Waals surface area contributed by atoms with Gasteiger partial charge in [-0.25, -0.2) is 4.98 Å². The highest BCUT2D eigenvalue weighted by Crippen LogP contribution is 2.19. The van der Waals surface area contributed by atoms with Crippen molar-refractivity contribution in [2.45, 2.75) is 13.0 Å². The third kappa shape index (κ3) is 3.37. The minimum absolute atomic E-state index is 0.456. The Morgan fingerprint density at radius 3 is 2.75 bits per heavy atom. The fourth-order valence-electron chi connectivity index (χ4n) is 1.91. The summed E-state index contributed by atoms with van der Waals surface area (Å²) < 4.78 is 17.3. The minimum atomic E-state index is 0.456. The van der Waals surface area contributed by atoms with Crippen molar-refractivity contribution in [3.05, 3.63) is 12.1 Å². The Hall–Kier alpha value is -1.86. The molecule has 110 valence electrons. The molecular weight excluding hydrogens is 260 g/mol. The second-order valence-electron chi connectivity index (χ2n) is 4.28. The van der Waals surface area contributed by atoms with Crippen molar-refractivity contribution in [1.29, 1.82) is 0 Å². The highest BCUT2D eigenvalue weighted by molar-refractivity contribution is 5.74. The van der Waals surface area contributed by atoms with Crippen molar-refractivity contribution in [3.63, 3.8) is 0 Å². The molecule has 0 amide bonds. The lowest BCUT2D eigenvalue weighted by atomic mass is 10.4. The highest BCUT2D eigenvalue weighted by Gasteiger charge is 2.10. The number of hydrogen-bond donors (Lipinski definition) is 1. The van der Waals surface area contributed by atoms with E-state index in [4.69, 9.17) is 19.9 Å². The molecule has 0 fully saturated rings. The van der Waals surface area contributed by atoms with E-state index in [1.54, 1.807) is 20.3 Å². The van der Waals surface area contributed by atoms with E-state index >= 15 is 0 Å². The van der Waals surface area contributed by atoms with E-state index < -0.39 is 0 Å². The molecule has 0 aliphatic carbocycles. The molecule has 2 N–H and O–H groups in total. The highest BCUT2D eigenvalue weighted by atomic mass is 16.5. The van der Waals surface area contributed by atoms with Crippen LogP contribution >= 0.6 is 0 Å². The molecule has 0 radical (unpaired) electrons. The number of ether oxygens (including phenoxy) is 3. The second-order valence-corrected chi connectivity index (χ2v) is 4.28. The molecule has 0 aromatic carbocycles. The molecule has 0 atom stereocenters. The molecule has 2 aromatic heterocycles. The number of hydrogen-bond acceptors (Lipinski definition) is 6. The largest absolute Gasteiger partial charge is 0.481 e. The molecule has 2 aromatic rings.